The fourth-order valence-electron chi connectivity index (χ4n) is 2.39. The van der Waals surface area contributed by atoms with Crippen molar-refractivity contribution in [2.24, 2.45) is 0 Å². The van der Waals surface area contributed by atoms with Crippen molar-refractivity contribution >= 4 is 17.0 Å². The highest BCUT2D eigenvalue weighted by Gasteiger charge is 2.36. The van der Waals surface area contributed by atoms with Gasteiger partial charge in [-0.1, -0.05) is 0 Å². The van der Waals surface area contributed by atoms with Gasteiger partial charge in [0.25, 0.3) is 0 Å². The van der Waals surface area contributed by atoms with Gasteiger partial charge in [-0.25, -0.2) is 15.0 Å². The molecule has 0 radical (unpaired) electrons. The van der Waals surface area contributed by atoms with Crippen LogP contribution in [0.15, 0.2) is 24.3 Å². The van der Waals surface area contributed by atoms with Crippen molar-refractivity contribution in [2.45, 2.75) is 18.2 Å². The van der Waals surface area contributed by atoms with Crippen LogP contribution in [-0.2, 0) is 0 Å². The van der Waals surface area contributed by atoms with Crippen molar-refractivity contribution in [3.8, 4) is 0 Å². The molecular formula is C11H13N5O3. The molecule has 8 heteroatoms. The number of nitrogens with two attached hydrogens (primary N) is 1. The predicted molar refractivity (Wildman–Crippen MR) is 66.0 cm³/mol. The third-order valence-corrected chi connectivity index (χ3v) is 3.31. The van der Waals surface area contributed by atoms with Crippen LogP contribution in [0.25, 0.3) is 11.2 Å². The van der Waals surface area contributed by atoms with Gasteiger partial charge in [-0.3, -0.25) is 0 Å². The standard InChI is InChI=1S/C11H13N5O3/c12-10-7-11(14-3-13-10)16(4-15-7)8-5(2-17)1-6(18)9(8)19/h1,3-4,6,8-9,17-19H,2H2,(H2,12,13,14)/t6-,8-,9-/m1/s1. The molecule has 1 aliphatic rings. The summed E-state index contributed by atoms with van der Waals surface area (Å²) in [5.74, 6) is 0.242. The van der Waals surface area contributed by atoms with E-state index < -0.39 is 18.2 Å². The second-order valence-corrected chi connectivity index (χ2v) is 4.41. The van der Waals surface area contributed by atoms with Gasteiger partial charge < -0.3 is 25.6 Å². The van der Waals surface area contributed by atoms with Gasteiger partial charge in [-0.2, -0.15) is 0 Å². The fraction of sp³-hybridized carbons (Fsp3) is 0.364. The van der Waals surface area contributed by atoms with Gasteiger partial charge in [0.2, 0.25) is 0 Å². The molecule has 0 fully saturated rings. The van der Waals surface area contributed by atoms with Gasteiger partial charge in [0.1, 0.15) is 24.1 Å². The zero-order chi connectivity index (χ0) is 13.6. The van der Waals surface area contributed by atoms with Crippen LogP contribution in [-0.4, -0.2) is 53.7 Å². The Bertz CT molecular complexity index is 653. The Balaban J connectivity index is 2.15. The highest BCUT2D eigenvalue weighted by atomic mass is 16.3. The molecule has 100 valence electrons. The zero-order valence-corrected chi connectivity index (χ0v) is 9.88. The molecule has 3 rings (SSSR count). The third kappa shape index (κ3) is 1.69. The number of nitrogens with zero attached hydrogens (tertiary/aromatic N) is 4. The van der Waals surface area contributed by atoms with Crippen LogP contribution < -0.4 is 5.73 Å². The summed E-state index contributed by atoms with van der Waals surface area (Å²) in [6.45, 7) is -0.265. The van der Waals surface area contributed by atoms with E-state index in [4.69, 9.17) is 5.73 Å². The average Bonchev–Trinajstić information content (AvgIpc) is 2.93. The van der Waals surface area contributed by atoms with Gasteiger partial charge in [-0.15, -0.1) is 0 Å². The van der Waals surface area contributed by atoms with Crippen molar-refractivity contribution in [3.05, 3.63) is 24.3 Å². The highest BCUT2D eigenvalue weighted by molar-refractivity contribution is 5.81. The quantitative estimate of drug-likeness (QED) is 0.490. The summed E-state index contributed by atoms with van der Waals surface area (Å²) in [7, 11) is 0. The molecule has 0 aromatic carbocycles. The molecule has 0 saturated heterocycles. The van der Waals surface area contributed by atoms with Crippen LogP contribution in [0, 0.1) is 0 Å². The van der Waals surface area contributed by atoms with E-state index in [-0.39, 0.29) is 12.4 Å². The molecule has 3 atom stereocenters. The molecular weight excluding hydrogens is 250 g/mol. The van der Waals surface area contributed by atoms with Gasteiger partial charge in [0.05, 0.1) is 19.0 Å². The summed E-state index contributed by atoms with van der Waals surface area (Å²) < 4.78 is 1.58. The zero-order valence-electron chi connectivity index (χ0n) is 9.88. The lowest BCUT2D eigenvalue weighted by Gasteiger charge is -2.21. The van der Waals surface area contributed by atoms with E-state index in [1.54, 1.807) is 4.57 Å². The van der Waals surface area contributed by atoms with Gasteiger partial charge in [0.15, 0.2) is 11.5 Å². The van der Waals surface area contributed by atoms with Gasteiger partial charge in [-0.05, 0) is 11.6 Å². The minimum atomic E-state index is -1.06. The molecule has 0 aliphatic heterocycles. The molecule has 0 saturated carbocycles. The number of imidazole rings is 1. The molecule has 8 nitrogen and oxygen atoms in total. The smallest absolute Gasteiger partial charge is 0.166 e. The first-order valence-electron chi connectivity index (χ1n) is 5.74. The maximum absolute atomic E-state index is 10.0. The van der Waals surface area contributed by atoms with E-state index in [1.807, 2.05) is 0 Å². The Morgan fingerprint density at radius 2 is 2.05 bits per heavy atom. The number of hydrogen-bond donors (Lipinski definition) is 4. The van der Waals surface area contributed by atoms with E-state index in [1.165, 1.54) is 18.7 Å². The first-order valence-corrected chi connectivity index (χ1v) is 5.74. The second kappa shape index (κ2) is 4.26. The number of nitrogen functional groups attached to an aromatic ring is 1. The number of anilines is 1. The molecule has 2 aromatic heterocycles. The fourth-order valence-corrected chi connectivity index (χ4v) is 2.39. The monoisotopic (exact) mass is 263 g/mol. The van der Waals surface area contributed by atoms with Crippen molar-refractivity contribution in [1.82, 2.24) is 19.5 Å². The van der Waals surface area contributed by atoms with Crippen LogP contribution >= 0.6 is 0 Å². The molecule has 19 heavy (non-hydrogen) atoms. The SMILES string of the molecule is Nc1ncnc2c1ncn2[C@@H]1C(CO)=C[C@@H](O)[C@H]1O. The van der Waals surface area contributed by atoms with E-state index in [2.05, 4.69) is 15.0 Å². The van der Waals surface area contributed by atoms with Crippen molar-refractivity contribution in [2.75, 3.05) is 12.3 Å². The van der Waals surface area contributed by atoms with E-state index in [9.17, 15) is 15.3 Å². The van der Waals surface area contributed by atoms with Crippen LogP contribution in [0.1, 0.15) is 6.04 Å². The normalized spacial score (nSPS) is 26.9. The molecule has 1 aliphatic carbocycles. The number of aliphatic hydroxyl groups is 3. The molecule has 0 amide bonds. The highest BCUT2D eigenvalue weighted by Crippen LogP contribution is 2.33. The minimum absolute atomic E-state index is 0.242. The lowest BCUT2D eigenvalue weighted by molar-refractivity contribution is 0.0351. The maximum atomic E-state index is 10.0. The summed E-state index contributed by atoms with van der Waals surface area (Å²) in [4.78, 5) is 12.0. The summed E-state index contributed by atoms with van der Waals surface area (Å²) in [6.07, 6.45) is 2.12. The third-order valence-electron chi connectivity index (χ3n) is 3.31. The second-order valence-electron chi connectivity index (χ2n) is 4.41. The molecule has 0 bridgehead atoms. The maximum Gasteiger partial charge on any atom is 0.166 e. The summed E-state index contributed by atoms with van der Waals surface area (Å²) in [5, 5.41) is 29.0. The first-order chi connectivity index (χ1) is 9.13. The Labute approximate surface area is 107 Å². The number of aliphatic hydroxyl groups excluding tert-OH is 3. The largest absolute Gasteiger partial charge is 0.392 e. The average molecular weight is 263 g/mol. The Morgan fingerprint density at radius 1 is 1.26 bits per heavy atom. The number of fused-ring (bicyclic) bond motifs is 1. The van der Waals surface area contributed by atoms with Gasteiger partial charge >= 0.3 is 0 Å². The van der Waals surface area contributed by atoms with Crippen LogP contribution in [0.2, 0.25) is 0 Å². The van der Waals surface area contributed by atoms with Crippen LogP contribution in [0.4, 0.5) is 5.82 Å². The summed E-state index contributed by atoms with van der Waals surface area (Å²) in [5.41, 5.74) is 7.08. The molecule has 5 N–H and O–H groups in total. The van der Waals surface area contributed by atoms with E-state index in [0.29, 0.717) is 16.7 Å². The Hall–Kier alpha value is -2.03. The van der Waals surface area contributed by atoms with Crippen LogP contribution in [0.5, 0.6) is 0 Å². The number of rotatable bonds is 2. The summed E-state index contributed by atoms with van der Waals surface area (Å²) >= 11 is 0. The Kier molecular flexibility index (Phi) is 2.70. The minimum Gasteiger partial charge on any atom is -0.392 e. The van der Waals surface area contributed by atoms with E-state index >= 15 is 0 Å². The lowest BCUT2D eigenvalue weighted by atomic mass is 10.1. The van der Waals surface area contributed by atoms with Crippen molar-refractivity contribution < 1.29 is 15.3 Å². The molecule has 0 unspecified atom stereocenters. The van der Waals surface area contributed by atoms with E-state index in [0.717, 1.165) is 0 Å². The summed E-state index contributed by atoms with van der Waals surface area (Å²) in [6, 6.07) is -0.612. The first kappa shape index (κ1) is 12.0. The van der Waals surface area contributed by atoms with Crippen molar-refractivity contribution in [3.63, 3.8) is 0 Å². The lowest BCUT2D eigenvalue weighted by Crippen LogP contribution is -2.29. The number of hydrogen-bond acceptors (Lipinski definition) is 7. The Morgan fingerprint density at radius 3 is 2.79 bits per heavy atom. The van der Waals surface area contributed by atoms with Crippen LogP contribution in [0.3, 0.4) is 0 Å². The molecule has 2 aromatic rings. The predicted octanol–water partition coefficient (Wildman–Crippen LogP) is -1.40. The topological polar surface area (TPSA) is 130 Å². The van der Waals surface area contributed by atoms with Crippen molar-refractivity contribution in [1.29, 1.82) is 0 Å². The van der Waals surface area contributed by atoms with Gasteiger partial charge in [0, 0.05) is 0 Å². The molecule has 2 heterocycles. The molecule has 0 spiro atoms. The number of aromatic nitrogens is 4.